The number of hydrogen-bond donors (Lipinski definition) is 0. The Morgan fingerprint density at radius 1 is 0.759 bits per heavy atom. The Kier molecular flexibility index (Phi) is 3.72. The molecule has 10 heteroatoms. The molecule has 6 nitrogen and oxygen atoms in total. The van der Waals surface area contributed by atoms with Gasteiger partial charge in [0.05, 0.1) is 45.0 Å². The minimum Gasteiger partial charge on any atom is -0.258 e. The maximum absolute atomic E-state index is 11.7. The molecule has 4 aliphatic rings. The molecule has 0 heterocycles. The summed E-state index contributed by atoms with van der Waals surface area (Å²) < 4.78 is 0.132. The summed E-state index contributed by atoms with van der Waals surface area (Å²) in [5.74, 6) is 0. The van der Waals surface area contributed by atoms with Gasteiger partial charge >= 0.3 is 0 Å². The van der Waals surface area contributed by atoms with Crippen molar-refractivity contribution in [1.82, 2.24) is 0 Å². The zero-order chi connectivity index (χ0) is 22.2. The lowest BCUT2D eigenvalue weighted by Gasteiger charge is -2.20. The maximum Gasteiger partial charge on any atom is 0.289 e. The fraction of sp³-hybridized carbons (Fsp3) is 0.684. The van der Waals surface area contributed by atoms with Crippen LogP contribution in [0.5, 0.6) is 0 Å². The molecule has 0 aromatic heterocycles. The highest BCUT2D eigenvalue weighted by Gasteiger charge is 3.39. The zero-order valence-electron chi connectivity index (χ0n) is 18.7. The molecule has 158 valence electrons. The number of nitro benzene ring substituents is 2. The van der Waals surface area contributed by atoms with Gasteiger partial charge in [0.1, 0.15) is 0 Å². The van der Waals surface area contributed by atoms with Gasteiger partial charge in [-0.05, 0) is 21.2 Å². The number of hydrogen-bond acceptors (Lipinski definition) is 5. The van der Waals surface area contributed by atoms with E-state index in [4.69, 9.17) is 0 Å². The first-order valence-corrected chi connectivity index (χ1v) is 21.4. The molecule has 0 unspecified atom stereocenters. The van der Waals surface area contributed by atoms with Gasteiger partial charge in [-0.15, -0.1) is 11.8 Å². The van der Waals surface area contributed by atoms with E-state index in [1.807, 2.05) is 0 Å². The summed E-state index contributed by atoms with van der Waals surface area (Å²) in [6, 6.07) is 4.18. The van der Waals surface area contributed by atoms with Crippen LogP contribution in [0.2, 0.25) is 74.0 Å². The van der Waals surface area contributed by atoms with Gasteiger partial charge in [-0.2, -0.15) is 0 Å². The van der Waals surface area contributed by atoms with Crippen molar-refractivity contribution in [1.29, 1.82) is 0 Å². The van der Waals surface area contributed by atoms with Crippen LogP contribution in [0.25, 0.3) is 0 Å². The van der Waals surface area contributed by atoms with E-state index in [2.05, 4.69) is 58.9 Å². The quantitative estimate of drug-likeness (QED) is 0.256. The molecule has 0 spiro atoms. The normalized spacial score (nSPS) is 37.0. The summed E-state index contributed by atoms with van der Waals surface area (Å²) in [5.41, 5.74) is -0.327. The van der Waals surface area contributed by atoms with Gasteiger partial charge in [0, 0.05) is 10.8 Å². The smallest absolute Gasteiger partial charge is 0.258 e. The summed E-state index contributed by atoms with van der Waals surface area (Å²) in [7, 11) is -4.59. The molecule has 4 fully saturated rings. The largest absolute Gasteiger partial charge is 0.289 e. The van der Waals surface area contributed by atoms with Crippen molar-refractivity contribution in [2.24, 2.45) is 0 Å². The SMILES string of the molecule is C[Si](C)(C)C12C3(Sc4ccc([N+](=O)[O-])cc4[N+](=O)[O-])C1([Si](C)(C)C)C32[Si](C)(C)C. The number of nitrogens with zero attached hydrogens (tertiary/aromatic N) is 2. The Morgan fingerprint density at radius 3 is 1.48 bits per heavy atom. The lowest BCUT2D eigenvalue weighted by Crippen LogP contribution is -2.26. The van der Waals surface area contributed by atoms with Crippen molar-refractivity contribution in [2.45, 2.75) is 83.7 Å². The van der Waals surface area contributed by atoms with Crippen LogP contribution >= 0.6 is 11.8 Å². The van der Waals surface area contributed by atoms with Gasteiger partial charge < -0.3 is 0 Å². The van der Waals surface area contributed by atoms with Gasteiger partial charge in [-0.1, -0.05) is 58.9 Å². The second kappa shape index (κ2) is 5.08. The molecule has 0 N–H and O–H groups in total. The van der Waals surface area contributed by atoms with Crippen molar-refractivity contribution in [3.8, 4) is 0 Å². The average Bonchev–Trinajstić information content (AvgIpc) is 3.39. The van der Waals surface area contributed by atoms with Crippen molar-refractivity contribution in [2.75, 3.05) is 0 Å². The van der Waals surface area contributed by atoms with Crippen LogP contribution in [0, 0.1) is 20.2 Å². The Bertz CT molecular complexity index is 920. The van der Waals surface area contributed by atoms with E-state index >= 15 is 0 Å². The van der Waals surface area contributed by atoms with Crippen molar-refractivity contribution >= 4 is 47.4 Å². The molecule has 1 aromatic rings. The summed E-state index contributed by atoms with van der Waals surface area (Å²) in [5, 5.41) is 24.0. The monoisotopic (exact) mass is 466 g/mol. The highest BCUT2D eigenvalue weighted by molar-refractivity contribution is 8.03. The molecule has 0 atom stereocenters. The van der Waals surface area contributed by atoms with Crippen LogP contribution in [0.4, 0.5) is 11.4 Å². The number of rotatable bonds is 7. The van der Waals surface area contributed by atoms with Gasteiger partial charge in [-0.3, -0.25) is 20.2 Å². The van der Waals surface area contributed by atoms with Crippen LogP contribution in [0.15, 0.2) is 23.1 Å². The molecular formula is C19H30N2O4SSi3. The first kappa shape index (κ1) is 21.3. The minimum absolute atomic E-state index is 0.113. The molecule has 0 aliphatic heterocycles. The fourth-order valence-electron chi connectivity index (χ4n) is 8.18. The highest BCUT2D eigenvalue weighted by atomic mass is 32.2. The first-order valence-electron chi connectivity index (χ1n) is 10.1. The lowest BCUT2D eigenvalue weighted by atomic mass is 10.3. The van der Waals surface area contributed by atoms with Gasteiger partial charge in [0.25, 0.3) is 11.4 Å². The molecular weight excluding hydrogens is 437 g/mol. The number of thioether (sulfide) groups is 1. The van der Waals surface area contributed by atoms with Crippen molar-refractivity contribution < 1.29 is 9.85 Å². The third kappa shape index (κ3) is 1.76. The Morgan fingerprint density at radius 2 is 1.17 bits per heavy atom. The zero-order valence-corrected chi connectivity index (χ0v) is 22.5. The van der Waals surface area contributed by atoms with E-state index in [1.54, 1.807) is 17.8 Å². The Hall–Kier alpha value is -0.979. The predicted octanol–water partition coefficient (Wildman–Crippen LogP) is 6.61. The summed E-state index contributed by atoms with van der Waals surface area (Å²) in [6.07, 6.45) is 0. The van der Waals surface area contributed by atoms with E-state index in [0.29, 0.717) is 20.0 Å². The van der Waals surface area contributed by atoms with Gasteiger partial charge in [0.15, 0.2) is 0 Å². The molecule has 4 saturated carbocycles. The molecule has 4 aliphatic carbocycles. The third-order valence-electron chi connectivity index (χ3n) is 8.01. The maximum atomic E-state index is 11.7. The van der Waals surface area contributed by atoms with E-state index in [1.165, 1.54) is 6.07 Å². The third-order valence-corrected chi connectivity index (χ3v) is 21.2. The molecule has 0 bridgehead atoms. The first-order chi connectivity index (χ1) is 13.0. The van der Waals surface area contributed by atoms with Crippen LogP contribution in [0.3, 0.4) is 0 Å². The average molecular weight is 467 g/mol. The number of benzene rings is 1. The van der Waals surface area contributed by atoms with Crippen molar-refractivity contribution in [3.63, 3.8) is 0 Å². The second-order valence-corrected chi connectivity index (χ2v) is 29.0. The Labute approximate surface area is 179 Å². The highest BCUT2D eigenvalue weighted by Crippen LogP contribution is 3.48. The van der Waals surface area contributed by atoms with E-state index in [0.717, 1.165) is 6.07 Å². The standard InChI is InChI=1S/C19H30N2O4SSi3/c1-27(2,3)17-16(18(17,28(4,5)6)19(16,17)29(7,8)9)26-15-11-10-13(20(22)23)12-14(15)21(24)25/h10-12H,1-9H3. The number of non-ortho nitro benzene ring substituents is 1. The molecule has 0 amide bonds. The molecule has 0 saturated heterocycles. The van der Waals surface area contributed by atoms with Gasteiger partial charge in [-0.25, -0.2) is 0 Å². The van der Waals surface area contributed by atoms with E-state index in [9.17, 15) is 20.2 Å². The minimum atomic E-state index is -1.53. The topological polar surface area (TPSA) is 86.3 Å². The lowest BCUT2D eigenvalue weighted by molar-refractivity contribution is -0.396. The van der Waals surface area contributed by atoms with Crippen LogP contribution in [-0.2, 0) is 0 Å². The number of nitro groups is 2. The van der Waals surface area contributed by atoms with Crippen LogP contribution in [-0.4, -0.2) is 38.8 Å². The van der Waals surface area contributed by atoms with E-state index < -0.39 is 34.1 Å². The molecule has 1 aromatic carbocycles. The summed E-state index contributed by atoms with van der Waals surface area (Å²) in [4.78, 5) is 22.5. The summed E-state index contributed by atoms with van der Waals surface area (Å²) >= 11 is 1.72. The predicted molar refractivity (Wildman–Crippen MR) is 126 cm³/mol. The molecule has 0 radical (unpaired) electrons. The summed E-state index contributed by atoms with van der Waals surface area (Å²) in [6.45, 7) is 22.3. The fourth-order valence-corrected chi connectivity index (χ4v) is 34.1. The second-order valence-electron chi connectivity index (χ2n) is 11.9. The van der Waals surface area contributed by atoms with Gasteiger partial charge in [0.2, 0.25) is 0 Å². The van der Waals surface area contributed by atoms with Crippen LogP contribution < -0.4 is 0 Å². The van der Waals surface area contributed by atoms with E-state index in [-0.39, 0.29) is 16.1 Å². The Balaban J connectivity index is 1.86. The van der Waals surface area contributed by atoms with Crippen LogP contribution in [0.1, 0.15) is 0 Å². The molecule has 5 rings (SSSR count). The van der Waals surface area contributed by atoms with Crippen molar-refractivity contribution in [3.05, 3.63) is 38.4 Å². The molecule has 29 heavy (non-hydrogen) atoms.